The highest BCUT2D eigenvalue weighted by Gasteiger charge is 2.56. The lowest BCUT2D eigenvalue weighted by atomic mass is 9.91. The first-order valence-corrected chi connectivity index (χ1v) is 13.8. The van der Waals surface area contributed by atoms with Crippen LogP contribution in [0.5, 0.6) is 0 Å². The maximum atomic E-state index is 14.4. The SMILES string of the molecule is CC(=O)c1[nH]nc2c(C)cc(-c3cnc(C)nc3)c(CC(=O)N3C[C@H]4C[C@H]4[C@H]3C(=O)NCc3cccc(Cl)c3F)c12. The maximum Gasteiger partial charge on any atom is 0.243 e. The van der Waals surface area contributed by atoms with Gasteiger partial charge in [-0.25, -0.2) is 14.4 Å². The highest BCUT2D eigenvalue weighted by atomic mass is 35.5. The van der Waals surface area contributed by atoms with Crippen molar-refractivity contribution in [2.45, 2.75) is 46.2 Å². The van der Waals surface area contributed by atoms with Crippen LogP contribution in [0.1, 0.15) is 46.3 Å². The summed E-state index contributed by atoms with van der Waals surface area (Å²) in [5, 5.41) is 10.6. The molecule has 2 aliphatic rings. The minimum atomic E-state index is -0.654. The number of likely N-dealkylation sites (tertiary alicyclic amines) is 1. The van der Waals surface area contributed by atoms with E-state index < -0.39 is 11.9 Å². The van der Waals surface area contributed by atoms with Gasteiger partial charge in [0, 0.05) is 48.9 Å². The van der Waals surface area contributed by atoms with Gasteiger partial charge in [0.05, 0.1) is 17.0 Å². The van der Waals surface area contributed by atoms with Crippen LogP contribution in [0, 0.1) is 31.5 Å². The number of carbonyl (C=O) groups is 3. The predicted octanol–water partition coefficient (Wildman–Crippen LogP) is 4.34. The van der Waals surface area contributed by atoms with Crippen molar-refractivity contribution in [1.82, 2.24) is 30.4 Å². The van der Waals surface area contributed by atoms with E-state index in [-0.39, 0.29) is 53.0 Å². The maximum absolute atomic E-state index is 14.4. The molecule has 3 atom stereocenters. The summed E-state index contributed by atoms with van der Waals surface area (Å²) in [5.41, 5.74) is 4.11. The minimum absolute atomic E-state index is 0.0138. The Hall–Kier alpha value is -4.18. The molecule has 0 unspecified atom stereocenters. The third kappa shape index (κ3) is 4.86. The number of aromatic amines is 1. The molecule has 3 heterocycles. The van der Waals surface area contributed by atoms with Crippen LogP contribution >= 0.6 is 11.6 Å². The van der Waals surface area contributed by atoms with Crippen molar-refractivity contribution in [2.75, 3.05) is 6.54 Å². The Bertz CT molecular complexity index is 1720. The van der Waals surface area contributed by atoms with Gasteiger partial charge < -0.3 is 10.2 Å². The van der Waals surface area contributed by atoms with Gasteiger partial charge in [0.1, 0.15) is 23.4 Å². The number of halogens is 2. The molecule has 2 fully saturated rings. The van der Waals surface area contributed by atoms with Crippen LogP contribution in [0.25, 0.3) is 22.0 Å². The lowest BCUT2D eigenvalue weighted by Gasteiger charge is -2.27. The summed E-state index contributed by atoms with van der Waals surface area (Å²) in [4.78, 5) is 50.2. The van der Waals surface area contributed by atoms with Gasteiger partial charge >= 0.3 is 0 Å². The van der Waals surface area contributed by atoms with E-state index in [4.69, 9.17) is 11.6 Å². The number of nitrogens with zero attached hydrogens (tertiary/aromatic N) is 4. The molecule has 6 rings (SSSR count). The Morgan fingerprint density at radius 3 is 2.68 bits per heavy atom. The fraction of sp³-hybridized carbons (Fsp3) is 0.333. The summed E-state index contributed by atoms with van der Waals surface area (Å²) in [5.74, 6) is -0.408. The number of benzene rings is 2. The van der Waals surface area contributed by atoms with E-state index in [0.29, 0.717) is 40.1 Å². The molecular formula is C30H28ClFN6O3. The zero-order chi connectivity index (χ0) is 29.0. The molecule has 2 amide bonds. The number of hydrogen-bond donors (Lipinski definition) is 2. The molecule has 1 saturated heterocycles. The van der Waals surface area contributed by atoms with Crippen LogP contribution in [0.3, 0.4) is 0 Å². The molecule has 1 aliphatic heterocycles. The van der Waals surface area contributed by atoms with Crippen molar-refractivity contribution in [3.63, 3.8) is 0 Å². The topological polar surface area (TPSA) is 121 Å². The largest absolute Gasteiger partial charge is 0.350 e. The molecule has 210 valence electrons. The standard InChI is InChI=1S/C30H28ClFN6O3/c1-14-7-20(19-11-33-16(3)34-12-19)22(25-27(14)36-37-28(25)15(2)39)9-24(40)38-13-18-8-21(18)29(38)30(41)35-10-17-5-4-6-23(31)26(17)32/h4-7,11-12,18,21,29H,8-10,13H2,1-3H3,(H,35,41)(H,36,37)/t18-,21-,29+/m1/s1. The molecule has 1 saturated carbocycles. The Kier molecular flexibility index (Phi) is 6.81. The molecule has 4 aromatic rings. The molecule has 0 bridgehead atoms. The highest BCUT2D eigenvalue weighted by molar-refractivity contribution is 6.30. The quantitative estimate of drug-likeness (QED) is 0.317. The number of Topliss-reactive ketones (excluding diaryl/α,β-unsaturated/α-hetero) is 1. The number of nitrogens with one attached hydrogen (secondary N) is 2. The van der Waals surface area contributed by atoms with Crippen LogP contribution in [0.4, 0.5) is 4.39 Å². The van der Waals surface area contributed by atoms with Crippen molar-refractivity contribution < 1.29 is 18.8 Å². The summed E-state index contributed by atoms with van der Waals surface area (Å²) in [6, 6.07) is 5.91. The number of H-pyrrole nitrogens is 1. The first kappa shape index (κ1) is 27.0. The normalized spacial score (nSPS) is 19.3. The zero-order valence-corrected chi connectivity index (χ0v) is 23.6. The number of hydrogen-bond acceptors (Lipinski definition) is 6. The van der Waals surface area contributed by atoms with Gasteiger partial charge in [0.25, 0.3) is 0 Å². The average Bonchev–Trinajstić information content (AvgIpc) is 3.37. The summed E-state index contributed by atoms with van der Waals surface area (Å²) in [6.45, 7) is 5.57. The van der Waals surface area contributed by atoms with Crippen molar-refractivity contribution >= 4 is 40.1 Å². The number of aryl methyl sites for hydroxylation is 2. The van der Waals surface area contributed by atoms with Crippen molar-refractivity contribution in [1.29, 1.82) is 0 Å². The van der Waals surface area contributed by atoms with Crippen molar-refractivity contribution in [3.05, 3.63) is 75.7 Å². The fourth-order valence-electron chi connectivity index (χ4n) is 5.94. The highest BCUT2D eigenvalue weighted by Crippen LogP contribution is 2.50. The van der Waals surface area contributed by atoms with Gasteiger partial charge in [-0.15, -0.1) is 0 Å². The van der Waals surface area contributed by atoms with Gasteiger partial charge in [-0.1, -0.05) is 23.7 Å². The van der Waals surface area contributed by atoms with Crippen molar-refractivity contribution in [2.24, 2.45) is 11.8 Å². The predicted molar refractivity (Wildman–Crippen MR) is 151 cm³/mol. The van der Waals surface area contributed by atoms with E-state index in [1.807, 2.05) is 13.0 Å². The monoisotopic (exact) mass is 574 g/mol. The Labute approximate surface area is 240 Å². The van der Waals surface area contributed by atoms with Crippen LogP contribution in [-0.4, -0.2) is 55.2 Å². The van der Waals surface area contributed by atoms with Crippen LogP contribution < -0.4 is 5.32 Å². The zero-order valence-electron chi connectivity index (χ0n) is 22.8. The molecule has 0 radical (unpaired) electrons. The molecule has 9 nitrogen and oxygen atoms in total. The first-order chi connectivity index (χ1) is 19.6. The average molecular weight is 575 g/mol. The number of carbonyl (C=O) groups excluding carboxylic acids is 3. The van der Waals surface area contributed by atoms with Gasteiger partial charge in [0.15, 0.2) is 5.78 Å². The second-order valence-electron chi connectivity index (χ2n) is 10.9. The van der Waals surface area contributed by atoms with Gasteiger partial charge in [0.2, 0.25) is 11.8 Å². The fourth-order valence-corrected chi connectivity index (χ4v) is 6.13. The molecule has 0 spiro atoms. The van der Waals surface area contributed by atoms with Crippen molar-refractivity contribution in [3.8, 4) is 11.1 Å². The molecule has 2 aromatic heterocycles. The van der Waals surface area contributed by atoms with E-state index in [2.05, 4.69) is 25.5 Å². The van der Waals surface area contributed by atoms with Crippen LogP contribution in [-0.2, 0) is 22.6 Å². The summed E-state index contributed by atoms with van der Waals surface area (Å²) in [7, 11) is 0. The minimum Gasteiger partial charge on any atom is -0.350 e. The number of ketones is 1. The number of piperidine rings is 1. The molecule has 2 aromatic carbocycles. The Morgan fingerprint density at radius 1 is 1.20 bits per heavy atom. The number of aromatic nitrogens is 4. The first-order valence-electron chi connectivity index (χ1n) is 13.4. The molecule has 11 heteroatoms. The van der Waals surface area contributed by atoms with E-state index in [0.717, 1.165) is 17.5 Å². The van der Waals surface area contributed by atoms with E-state index in [1.165, 1.54) is 13.0 Å². The lowest BCUT2D eigenvalue weighted by Crippen LogP contribution is -2.48. The Morgan fingerprint density at radius 2 is 1.95 bits per heavy atom. The molecule has 2 N–H and O–H groups in total. The second kappa shape index (κ2) is 10.3. The Balaban J connectivity index is 1.33. The van der Waals surface area contributed by atoms with E-state index in [9.17, 15) is 18.8 Å². The van der Waals surface area contributed by atoms with Gasteiger partial charge in [-0.2, -0.15) is 5.10 Å². The number of fused-ring (bicyclic) bond motifs is 2. The van der Waals surface area contributed by atoms with Gasteiger partial charge in [-0.05, 0) is 60.9 Å². The van der Waals surface area contributed by atoms with E-state index in [1.54, 1.807) is 36.4 Å². The van der Waals surface area contributed by atoms with Crippen LogP contribution in [0.15, 0.2) is 36.7 Å². The molecular weight excluding hydrogens is 547 g/mol. The van der Waals surface area contributed by atoms with Gasteiger partial charge in [-0.3, -0.25) is 19.5 Å². The smallest absolute Gasteiger partial charge is 0.243 e. The summed E-state index contributed by atoms with van der Waals surface area (Å²) < 4.78 is 14.4. The van der Waals surface area contributed by atoms with Crippen LogP contribution in [0.2, 0.25) is 5.02 Å². The number of amides is 2. The molecule has 1 aliphatic carbocycles. The number of rotatable bonds is 7. The lowest BCUT2D eigenvalue weighted by molar-refractivity contribution is -0.139. The second-order valence-corrected chi connectivity index (χ2v) is 11.3. The molecule has 41 heavy (non-hydrogen) atoms. The third-order valence-corrected chi connectivity index (χ3v) is 8.41. The summed E-state index contributed by atoms with van der Waals surface area (Å²) >= 11 is 5.89. The third-order valence-electron chi connectivity index (χ3n) is 8.12. The summed E-state index contributed by atoms with van der Waals surface area (Å²) in [6.07, 6.45) is 4.21. The van der Waals surface area contributed by atoms with E-state index >= 15 is 0 Å².